The summed E-state index contributed by atoms with van der Waals surface area (Å²) in [6.07, 6.45) is 1.22. The predicted molar refractivity (Wildman–Crippen MR) is 127 cm³/mol. The number of ether oxygens (including phenoxy) is 1. The van der Waals surface area contributed by atoms with Crippen molar-refractivity contribution in [3.8, 4) is 11.5 Å². The molecule has 0 saturated carbocycles. The number of fused-ring (bicyclic) bond motifs is 3. The van der Waals surface area contributed by atoms with Gasteiger partial charge in [0, 0.05) is 11.5 Å². The van der Waals surface area contributed by atoms with Crippen LogP contribution in [0.15, 0.2) is 56.9 Å². The molecule has 5 aromatic rings. The summed E-state index contributed by atoms with van der Waals surface area (Å²) in [6, 6.07) is 8.38. The highest BCUT2D eigenvalue weighted by molar-refractivity contribution is 7.93. The molecule has 0 aliphatic rings. The number of hydrogen-bond acceptors (Lipinski definition) is 12. The minimum absolute atomic E-state index is 0.00446. The smallest absolute Gasteiger partial charge is 0.224 e. The summed E-state index contributed by atoms with van der Waals surface area (Å²) in [5, 5.41) is 17.4. The van der Waals surface area contributed by atoms with Crippen LogP contribution < -0.4 is 15.8 Å². The third-order valence-electron chi connectivity index (χ3n) is 4.99. The highest BCUT2D eigenvalue weighted by Gasteiger charge is 2.22. The fourth-order valence-corrected chi connectivity index (χ4v) is 5.86. The Balaban J connectivity index is 1.55. The van der Waals surface area contributed by atoms with Gasteiger partial charge < -0.3 is 25.9 Å². The normalized spacial score (nSPS) is 11.7. The highest BCUT2D eigenvalue weighted by atomic mass is 32.2. The lowest BCUT2D eigenvalue weighted by Gasteiger charge is -2.06. The fourth-order valence-electron chi connectivity index (χ4n) is 3.43. The van der Waals surface area contributed by atoms with Gasteiger partial charge in [0.1, 0.15) is 21.4 Å². The molecule has 5 rings (SSSR count). The Morgan fingerprint density at radius 1 is 1.21 bits per heavy atom. The van der Waals surface area contributed by atoms with E-state index in [1.54, 1.807) is 6.07 Å². The Hall–Kier alpha value is -4.30. The van der Waals surface area contributed by atoms with Crippen LogP contribution >= 0.6 is 11.3 Å². The van der Waals surface area contributed by atoms with E-state index in [0.29, 0.717) is 21.9 Å². The minimum atomic E-state index is -3.86. The van der Waals surface area contributed by atoms with Gasteiger partial charge in [-0.1, -0.05) is 11.3 Å². The van der Waals surface area contributed by atoms with Crippen LogP contribution in [-0.2, 0) is 9.84 Å². The predicted octanol–water partition coefficient (Wildman–Crippen LogP) is 3.84. The first-order valence-electron chi connectivity index (χ1n) is 9.57. The summed E-state index contributed by atoms with van der Waals surface area (Å²) < 4.78 is 31.0. The lowest BCUT2D eigenvalue weighted by atomic mass is 10.2. The number of rotatable bonds is 6. The van der Waals surface area contributed by atoms with Crippen molar-refractivity contribution >= 4 is 65.7 Å². The topological polar surface area (TPSA) is 186 Å². The van der Waals surface area contributed by atoms with E-state index in [1.165, 1.54) is 43.6 Å². The van der Waals surface area contributed by atoms with E-state index >= 15 is 0 Å². The monoisotopic (exact) mass is 497 g/mol. The Morgan fingerprint density at radius 3 is 2.68 bits per heavy atom. The molecule has 0 atom stereocenters. The second-order valence-corrected chi connectivity index (χ2v) is 10.3. The molecule has 14 heteroatoms. The molecule has 0 bridgehead atoms. The molecule has 5 N–H and O–H groups in total. The van der Waals surface area contributed by atoms with Crippen molar-refractivity contribution in [1.82, 2.24) is 19.9 Å². The van der Waals surface area contributed by atoms with Crippen LogP contribution in [0.3, 0.4) is 0 Å². The first-order chi connectivity index (χ1) is 16.3. The van der Waals surface area contributed by atoms with Gasteiger partial charge in [0.15, 0.2) is 16.6 Å². The van der Waals surface area contributed by atoms with Crippen molar-refractivity contribution in [3.63, 3.8) is 0 Å². The van der Waals surface area contributed by atoms with Crippen molar-refractivity contribution in [2.75, 3.05) is 18.2 Å². The Bertz CT molecular complexity index is 1680. The summed E-state index contributed by atoms with van der Waals surface area (Å²) in [7, 11) is -2.42. The first-order valence-corrected chi connectivity index (χ1v) is 11.9. The van der Waals surface area contributed by atoms with Crippen LogP contribution in [0.2, 0.25) is 0 Å². The molecule has 0 amide bonds. The molecule has 0 aliphatic carbocycles. The summed E-state index contributed by atoms with van der Waals surface area (Å²) in [5.41, 5.74) is 7.02. The number of benzene rings is 2. The molecule has 0 unspecified atom stereocenters. The zero-order valence-electron chi connectivity index (χ0n) is 17.3. The summed E-state index contributed by atoms with van der Waals surface area (Å²) in [6.45, 7) is 0. The summed E-state index contributed by atoms with van der Waals surface area (Å²) >= 11 is 0.895. The average molecular weight is 498 g/mol. The number of thiazole rings is 1. The fraction of sp³-hybridized carbons (Fsp3) is 0.0500. The maximum atomic E-state index is 12.9. The van der Waals surface area contributed by atoms with E-state index in [-0.39, 0.29) is 43.2 Å². The molecule has 12 nitrogen and oxygen atoms in total. The number of sulfone groups is 1. The average Bonchev–Trinajstić information content (AvgIpc) is 3.43. The van der Waals surface area contributed by atoms with Crippen LogP contribution in [0.5, 0.6) is 11.5 Å². The molecule has 0 saturated heterocycles. The standard InChI is InChI=1S/C20H15N7O5S2/c1-32-14-7-12-11(6-13(14)28)16-17(23-12)24-19(21)25-18(16)26-20-22-8-15(33-20)34(30,31)10-4-2-9(27-29)3-5-10/h2-8,28H,1H3,(H4,21,22,23,24,25,26). The molecular weight excluding hydrogens is 482 g/mol. The van der Waals surface area contributed by atoms with Crippen molar-refractivity contribution in [1.29, 1.82) is 0 Å². The van der Waals surface area contributed by atoms with Gasteiger partial charge in [0.2, 0.25) is 15.8 Å². The van der Waals surface area contributed by atoms with Crippen molar-refractivity contribution in [2.24, 2.45) is 5.18 Å². The molecule has 0 aliphatic heterocycles. The summed E-state index contributed by atoms with van der Waals surface area (Å²) in [4.78, 5) is 26.3. The SMILES string of the molecule is COc1cc2[nH]c3nc(N)nc(Nc4ncc(S(=O)(=O)c5ccc(N=O)cc5)s4)c3c2cc1O. The van der Waals surface area contributed by atoms with E-state index < -0.39 is 9.84 Å². The number of H-pyrrole nitrogens is 1. The van der Waals surface area contributed by atoms with Crippen LogP contribution in [0, 0.1) is 4.91 Å². The van der Waals surface area contributed by atoms with E-state index in [4.69, 9.17) is 10.5 Å². The number of hydrogen-bond donors (Lipinski definition) is 4. The van der Waals surface area contributed by atoms with Gasteiger partial charge in [-0.15, -0.1) is 4.91 Å². The lowest BCUT2D eigenvalue weighted by Crippen LogP contribution is -2.00. The third-order valence-corrected chi connectivity index (χ3v) is 8.14. The second-order valence-electron chi connectivity index (χ2n) is 7.05. The van der Waals surface area contributed by atoms with Gasteiger partial charge in [-0.3, -0.25) is 0 Å². The zero-order valence-corrected chi connectivity index (χ0v) is 18.9. The van der Waals surface area contributed by atoms with Gasteiger partial charge in [0.25, 0.3) is 0 Å². The van der Waals surface area contributed by atoms with Gasteiger partial charge in [0.05, 0.1) is 29.1 Å². The van der Waals surface area contributed by atoms with E-state index in [1.807, 2.05) is 0 Å². The van der Waals surface area contributed by atoms with E-state index in [0.717, 1.165) is 11.3 Å². The maximum Gasteiger partial charge on any atom is 0.224 e. The number of phenolic OH excluding ortho intramolecular Hbond substituents is 1. The number of nitrogens with one attached hydrogen (secondary N) is 2. The first kappa shape index (κ1) is 21.5. The number of phenols is 1. The molecule has 3 aromatic heterocycles. The Kier molecular flexibility index (Phi) is 5.02. The van der Waals surface area contributed by atoms with Crippen molar-refractivity contribution in [3.05, 3.63) is 47.5 Å². The number of nitroso groups, excluding NO2 is 1. The number of aromatic nitrogens is 4. The van der Waals surface area contributed by atoms with Crippen molar-refractivity contribution in [2.45, 2.75) is 9.10 Å². The maximum absolute atomic E-state index is 12.9. The molecule has 34 heavy (non-hydrogen) atoms. The zero-order chi connectivity index (χ0) is 24.0. The summed E-state index contributed by atoms with van der Waals surface area (Å²) in [5.74, 6) is 0.461. The van der Waals surface area contributed by atoms with Gasteiger partial charge >= 0.3 is 0 Å². The Morgan fingerprint density at radius 2 is 1.97 bits per heavy atom. The molecule has 0 fully saturated rings. The molecule has 0 spiro atoms. The quantitative estimate of drug-likeness (QED) is 0.251. The van der Waals surface area contributed by atoms with Crippen LogP contribution in [0.25, 0.3) is 21.9 Å². The number of aromatic hydroxyl groups is 1. The minimum Gasteiger partial charge on any atom is -0.504 e. The lowest BCUT2D eigenvalue weighted by molar-refractivity contribution is 0.374. The Labute approximate surface area is 195 Å². The van der Waals surface area contributed by atoms with Crippen LogP contribution in [0.1, 0.15) is 0 Å². The number of nitrogens with zero attached hydrogens (tertiary/aromatic N) is 4. The largest absolute Gasteiger partial charge is 0.504 e. The third kappa shape index (κ3) is 3.54. The molecular formula is C20H15N7O5S2. The van der Waals surface area contributed by atoms with Gasteiger partial charge in [-0.05, 0) is 35.5 Å². The van der Waals surface area contributed by atoms with E-state index in [9.17, 15) is 18.4 Å². The molecule has 0 radical (unpaired) electrons. The van der Waals surface area contributed by atoms with Crippen LogP contribution in [0.4, 0.5) is 22.6 Å². The van der Waals surface area contributed by atoms with Crippen molar-refractivity contribution < 1.29 is 18.3 Å². The molecule has 172 valence electrons. The number of aromatic amines is 1. The molecule has 3 heterocycles. The number of nitrogen functional groups attached to an aromatic ring is 1. The number of methoxy groups -OCH3 is 1. The number of nitrogens with two attached hydrogens (primary N) is 1. The van der Waals surface area contributed by atoms with Crippen LogP contribution in [-0.4, -0.2) is 40.6 Å². The number of anilines is 3. The van der Waals surface area contributed by atoms with E-state index in [2.05, 4.69) is 30.4 Å². The molecule has 2 aromatic carbocycles. The van der Waals surface area contributed by atoms with Gasteiger partial charge in [-0.25, -0.2) is 13.4 Å². The second kappa shape index (κ2) is 7.93. The highest BCUT2D eigenvalue weighted by Crippen LogP contribution is 2.38. The van der Waals surface area contributed by atoms with Gasteiger partial charge in [-0.2, -0.15) is 9.97 Å².